The van der Waals surface area contributed by atoms with Crippen molar-refractivity contribution in [2.24, 2.45) is 22.2 Å². The van der Waals surface area contributed by atoms with Crippen LogP contribution in [0.4, 0.5) is 0 Å². The molecule has 0 heterocycles. The van der Waals surface area contributed by atoms with E-state index in [2.05, 4.69) is 20.9 Å². The first kappa shape index (κ1) is 29.3. The lowest BCUT2D eigenvalue weighted by Gasteiger charge is -2.25. The highest BCUT2D eigenvalue weighted by Gasteiger charge is 2.31. The zero-order valence-electron chi connectivity index (χ0n) is 19.8. The average molecular weight is 494 g/mol. The molecule has 0 aliphatic carbocycles. The minimum absolute atomic E-state index is 0.0179. The molecule has 1 rings (SSSR count). The van der Waals surface area contributed by atoms with Gasteiger partial charge in [-0.2, -0.15) is 0 Å². The molecule has 0 saturated heterocycles. The molecular formula is C22H35N7O6. The first-order valence-corrected chi connectivity index (χ1v) is 11.1. The van der Waals surface area contributed by atoms with Gasteiger partial charge in [0.2, 0.25) is 17.7 Å². The zero-order chi connectivity index (χ0) is 26.5. The molecule has 0 bridgehead atoms. The predicted octanol–water partition coefficient (Wildman–Crippen LogP) is -2.45. The fourth-order valence-corrected chi connectivity index (χ4v) is 3.05. The summed E-state index contributed by atoms with van der Waals surface area (Å²) in [5.74, 6) is -3.67. The normalized spacial score (nSPS) is 15.0. The number of nitrogens with two attached hydrogens (primary N) is 3. The molecule has 0 aliphatic rings. The van der Waals surface area contributed by atoms with Crippen LogP contribution in [0.3, 0.4) is 0 Å². The Bertz CT molecular complexity index is 890. The minimum atomic E-state index is -1.46. The van der Waals surface area contributed by atoms with E-state index in [-0.39, 0.29) is 31.8 Å². The summed E-state index contributed by atoms with van der Waals surface area (Å²) < 4.78 is 0. The van der Waals surface area contributed by atoms with Gasteiger partial charge in [-0.1, -0.05) is 30.3 Å². The van der Waals surface area contributed by atoms with E-state index in [0.29, 0.717) is 0 Å². The van der Waals surface area contributed by atoms with Crippen LogP contribution in [0.15, 0.2) is 35.3 Å². The third kappa shape index (κ3) is 10.8. The molecule has 11 N–H and O–H groups in total. The number of hydrogen-bond donors (Lipinski definition) is 8. The van der Waals surface area contributed by atoms with Crippen molar-refractivity contribution in [3.8, 4) is 0 Å². The molecule has 13 nitrogen and oxygen atoms in total. The summed E-state index contributed by atoms with van der Waals surface area (Å²) in [7, 11) is 0. The predicted molar refractivity (Wildman–Crippen MR) is 129 cm³/mol. The number of carboxylic acid groups (broad SMARTS) is 1. The third-order valence-corrected chi connectivity index (χ3v) is 5.01. The van der Waals surface area contributed by atoms with Crippen molar-refractivity contribution in [1.82, 2.24) is 16.0 Å². The number of aliphatic imine (C=N–C) groups is 1. The molecule has 3 amide bonds. The van der Waals surface area contributed by atoms with E-state index < -0.39 is 54.0 Å². The van der Waals surface area contributed by atoms with Gasteiger partial charge in [-0.25, -0.2) is 4.79 Å². The number of aliphatic hydroxyl groups excluding tert-OH is 1. The van der Waals surface area contributed by atoms with Gasteiger partial charge in [-0.3, -0.25) is 19.4 Å². The lowest BCUT2D eigenvalue weighted by molar-refractivity contribution is -0.143. The Kier molecular flexibility index (Phi) is 12.2. The van der Waals surface area contributed by atoms with Crippen LogP contribution in [0, 0.1) is 0 Å². The van der Waals surface area contributed by atoms with E-state index in [1.165, 1.54) is 13.8 Å². The fourth-order valence-electron chi connectivity index (χ4n) is 3.05. The molecule has 0 saturated carbocycles. The molecule has 35 heavy (non-hydrogen) atoms. The van der Waals surface area contributed by atoms with Crippen LogP contribution in [-0.2, 0) is 25.6 Å². The van der Waals surface area contributed by atoms with Gasteiger partial charge in [0, 0.05) is 6.54 Å². The van der Waals surface area contributed by atoms with Crippen molar-refractivity contribution in [2.75, 3.05) is 6.54 Å². The average Bonchev–Trinajstić information content (AvgIpc) is 2.78. The number of carbonyl (C=O) groups excluding carboxylic acids is 3. The Morgan fingerprint density at radius 2 is 1.60 bits per heavy atom. The van der Waals surface area contributed by atoms with Crippen LogP contribution in [0.25, 0.3) is 0 Å². The maximum Gasteiger partial charge on any atom is 0.326 e. The van der Waals surface area contributed by atoms with Crippen LogP contribution in [-0.4, -0.2) is 76.7 Å². The molecule has 0 aromatic heterocycles. The van der Waals surface area contributed by atoms with Crippen molar-refractivity contribution >= 4 is 29.7 Å². The van der Waals surface area contributed by atoms with E-state index in [1.54, 1.807) is 0 Å². The number of aliphatic carboxylic acids is 1. The summed E-state index contributed by atoms with van der Waals surface area (Å²) in [5.41, 5.74) is 17.2. The molecule has 5 atom stereocenters. The van der Waals surface area contributed by atoms with Gasteiger partial charge in [-0.15, -0.1) is 0 Å². The Balaban J connectivity index is 2.68. The number of hydrogen-bond acceptors (Lipinski definition) is 7. The molecule has 0 fully saturated rings. The largest absolute Gasteiger partial charge is 0.480 e. The van der Waals surface area contributed by atoms with Gasteiger partial charge in [0.25, 0.3) is 0 Å². The number of nitrogens with one attached hydrogen (secondary N) is 3. The van der Waals surface area contributed by atoms with Gasteiger partial charge < -0.3 is 43.4 Å². The van der Waals surface area contributed by atoms with E-state index in [9.17, 15) is 29.4 Å². The molecule has 0 aliphatic heterocycles. The Hall–Kier alpha value is -3.71. The summed E-state index contributed by atoms with van der Waals surface area (Å²) in [4.78, 5) is 52.8. The van der Waals surface area contributed by atoms with Gasteiger partial charge >= 0.3 is 5.97 Å². The lowest BCUT2D eigenvalue weighted by atomic mass is 10.1. The first-order valence-electron chi connectivity index (χ1n) is 11.1. The van der Waals surface area contributed by atoms with E-state index in [0.717, 1.165) is 5.56 Å². The Labute approximate surface area is 203 Å². The van der Waals surface area contributed by atoms with Crippen LogP contribution < -0.4 is 33.2 Å². The monoisotopic (exact) mass is 493 g/mol. The SMILES string of the molecule is CC(NC(=O)C(N)Cc1ccccc1)C(=O)NC(C(=O)NC(CCCN=C(N)N)C(=O)O)C(C)O. The van der Waals surface area contributed by atoms with Crippen LogP contribution in [0.5, 0.6) is 0 Å². The maximum atomic E-state index is 12.6. The number of benzene rings is 1. The van der Waals surface area contributed by atoms with Crippen molar-refractivity contribution < 1.29 is 29.4 Å². The third-order valence-electron chi connectivity index (χ3n) is 5.01. The molecule has 13 heteroatoms. The van der Waals surface area contributed by atoms with Gasteiger partial charge in [0.05, 0.1) is 12.1 Å². The van der Waals surface area contributed by atoms with Crippen molar-refractivity contribution in [3.05, 3.63) is 35.9 Å². The van der Waals surface area contributed by atoms with Gasteiger partial charge in [0.1, 0.15) is 18.1 Å². The highest BCUT2D eigenvalue weighted by atomic mass is 16.4. The molecule has 194 valence electrons. The molecule has 5 unspecified atom stereocenters. The summed E-state index contributed by atoms with van der Waals surface area (Å²) in [6.45, 7) is 2.82. The second-order valence-electron chi connectivity index (χ2n) is 8.10. The Morgan fingerprint density at radius 3 is 2.14 bits per heavy atom. The van der Waals surface area contributed by atoms with Crippen LogP contribution >= 0.6 is 0 Å². The van der Waals surface area contributed by atoms with E-state index in [4.69, 9.17) is 17.2 Å². The number of nitrogens with zero attached hydrogens (tertiary/aromatic N) is 1. The van der Waals surface area contributed by atoms with Crippen LogP contribution in [0.1, 0.15) is 32.3 Å². The highest BCUT2D eigenvalue weighted by Crippen LogP contribution is 2.04. The topological polar surface area (TPSA) is 235 Å². The van der Waals surface area contributed by atoms with Gasteiger partial charge in [-0.05, 0) is 38.7 Å². The van der Waals surface area contributed by atoms with Crippen molar-refractivity contribution in [2.45, 2.75) is 63.4 Å². The van der Waals surface area contributed by atoms with Gasteiger partial charge in [0.15, 0.2) is 5.96 Å². The summed E-state index contributed by atoms with van der Waals surface area (Å²) in [6.07, 6.45) is -0.797. The first-order chi connectivity index (χ1) is 16.4. The van der Waals surface area contributed by atoms with Crippen molar-refractivity contribution in [1.29, 1.82) is 0 Å². The summed E-state index contributed by atoms with van der Waals surface area (Å²) >= 11 is 0. The van der Waals surface area contributed by atoms with Crippen molar-refractivity contribution in [3.63, 3.8) is 0 Å². The fraction of sp³-hybridized carbons (Fsp3) is 0.500. The standard InChI is InChI=1S/C22H35N7O6/c1-12(27-19(32)15(23)11-14-7-4-3-5-8-14)18(31)29-17(13(2)30)20(33)28-16(21(34)35)9-6-10-26-22(24)25/h3-5,7-8,12-13,15-17,30H,6,9-11,23H2,1-2H3,(H,27,32)(H,28,33)(H,29,31)(H,34,35)(H4,24,25,26). The number of amides is 3. The van der Waals surface area contributed by atoms with Crippen LogP contribution in [0.2, 0.25) is 0 Å². The molecular weight excluding hydrogens is 458 g/mol. The Morgan fingerprint density at radius 1 is 0.971 bits per heavy atom. The number of aliphatic hydroxyl groups is 1. The molecule has 0 radical (unpaired) electrons. The smallest absolute Gasteiger partial charge is 0.326 e. The summed E-state index contributed by atoms with van der Waals surface area (Å²) in [6, 6.07) is 4.38. The molecule has 0 spiro atoms. The second kappa shape index (κ2) is 14.5. The highest BCUT2D eigenvalue weighted by molar-refractivity contribution is 5.94. The number of carboxylic acids is 1. The lowest BCUT2D eigenvalue weighted by Crippen LogP contribution is -2.59. The number of carbonyl (C=O) groups is 4. The number of guanidine groups is 1. The molecule has 1 aromatic rings. The van der Waals surface area contributed by atoms with E-state index in [1.807, 2.05) is 30.3 Å². The quantitative estimate of drug-likeness (QED) is 0.0778. The maximum absolute atomic E-state index is 12.6. The van der Waals surface area contributed by atoms with E-state index >= 15 is 0 Å². The second-order valence-corrected chi connectivity index (χ2v) is 8.10. The minimum Gasteiger partial charge on any atom is -0.480 e. The summed E-state index contributed by atoms with van der Waals surface area (Å²) in [5, 5.41) is 26.5. The number of rotatable bonds is 14. The molecule has 1 aromatic carbocycles. The zero-order valence-corrected chi connectivity index (χ0v) is 19.8.